The summed E-state index contributed by atoms with van der Waals surface area (Å²) in [4.78, 5) is 64.7. The maximum absolute atomic E-state index is 14.8. The van der Waals surface area contributed by atoms with Gasteiger partial charge in [-0.25, -0.2) is 14.8 Å². The number of amides is 3. The molecule has 4 N–H and O–H groups in total. The first-order valence-electron chi connectivity index (χ1n) is 20.0. The van der Waals surface area contributed by atoms with Crippen LogP contribution in [0.1, 0.15) is 87.0 Å². The Morgan fingerprint density at radius 1 is 1.09 bits per heavy atom. The summed E-state index contributed by atoms with van der Waals surface area (Å²) in [5, 5.41) is 10.7. The van der Waals surface area contributed by atoms with E-state index in [-0.39, 0.29) is 31.5 Å². The Hall–Kier alpha value is -4.24. The van der Waals surface area contributed by atoms with Gasteiger partial charge in [0.15, 0.2) is 5.13 Å². The Kier molecular flexibility index (Phi) is 12.8. The average molecular weight is 841 g/mol. The second-order valence-corrected chi connectivity index (χ2v) is 20.0. The molecule has 17 heteroatoms. The molecule has 316 valence electrons. The van der Waals surface area contributed by atoms with Gasteiger partial charge in [-0.3, -0.25) is 14.2 Å². The molecule has 0 spiro atoms. The highest BCUT2D eigenvalue weighted by molar-refractivity contribution is 7.55. The standard InChI is InChI=1S/C41H57N6O9PS/c1-10-25-20-41(25,57(51,52)56-24(4)5)46-36(48)33-18-28(21-47(33)37(49)35(40(6,7)8)45-39(50)55-26-13-11-12-14-26)54-34-19-31(32-22-58-38(44-32)42-23(2)3)43-30-17-27(53-9)15-16-29(30)34/h10,15-17,19,22-26,28,33,35H,1,11-14,18,20-21H2,2-9H3,(H,42,44)(H,45,50)(H,46,48)(H,51,52)/t25-,28-,33+,35-,41+/m1/s1. The lowest BCUT2D eigenvalue weighted by Gasteiger charge is -2.35. The predicted molar refractivity (Wildman–Crippen MR) is 223 cm³/mol. The number of pyridine rings is 1. The topological polar surface area (TPSA) is 191 Å². The highest BCUT2D eigenvalue weighted by Gasteiger charge is 2.67. The third-order valence-electron chi connectivity index (χ3n) is 10.7. The Morgan fingerprint density at radius 3 is 2.43 bits per heavy atom. The van der Waals surface area contributed by atoms with Crippen molar-refractivity contribution in [1.29, 1.82) is 0 Å². The van der Waals surface area contributed by atoms with Crippen LogP contribution in [0.4, 0.5) is 9.93 Å². The summed E-state index contributed by atoms with van der Waals surface area (Å²) in [7, 11) is -2.84. The van der Waals surface area contributed by atoms with Gasteiger partial charge in [0, 0.05) is 41.3 Å². The molecule has 1 aromatic carbocycles. The van der Waals surface area contributed by atoms with E-state index in [1.165, 1.54) is 22.3 Å². The number of hydrogen-bond donors (Lipinski definition) is 4. The number of rotatable bonds is 15. The summed E-state index contributed by atoms with van der Waals surface area (Å²) in [5.74, 6) is -0.647. The number of carbonyl (C=O) groups excluding carboxylic acids is 3. The first kappa shape index (κ1) is 43.3. The van der Waals surface area contributed by atoms with E-state index in [4.69, 9.17) is 28.7 Å². The van der Waals surface area contributed by atoms with Crippen LogP contribution in [0, 0.1) is 11.3 Å². The number of nitrogens with one attached hydrogen (secondary N) is 3. The molecule has 6 atom stereocenters. The molecule has 15 nitrogen and oxygen atoms in total. The molecule has 1 unspecified atom stereocenters. The Bertz CT molecular complexity index is 2060. The Labute approximate surface area is 344 Å². The van der Waals surface area contributed by atoms with Crippen molar-refractivity contribution in [3.63, 3.8) is 0 Å². The van der Waals surface area contributed by atoms with Crippen LogP contribution in [0.5, 0.6) is 11.5 Å². The summed E-state index contributed by atoms with van der Waals surface area (Å²) in [6, 6.07) is 5.18. The summed E-state index contributed by atoms with van der Waals surface area (Å²) >= 11 is 1.46. The Morgan fingerprint density at radius 2 is 1.81 bits per heavy atom. The highest BCUT2D eigenvalue weighted by atomic mass is 32.1. The largest absolute Gasteiger partial charge is 0.497 e. The third kappa shape index (κ3) is 9.46. The van der Waals surface area contributed by atoms with Crippen LogP contribution in [0.3, 0.4) is 0 Å². The number of thiazole rings is 1. The highest BCUT2D eigenvalue weighted by Crippen LogP contribution is 2.70. The zero-order valence-electron chi connectivity index (χ0n) is 34.6. The number of carbonyl (C=O) groups is 3. The zero-order valence-corrected chi connectivity index (χ0v) is 36.3. The summed E-state index contributed by atoms with van der Waals surface area (Å²) in [6.45, 7) is 16.6. The van der Waals surface area contributed by atoms with Crippen LogP contribution < -0.4 is 25.4 Å². The number of ether oxygens (including phenoxy) is 3. The van der Waals surface area contributed by atoms with Crippen molar-refractivity contribution < 1.29 is 42.6 Å². The number of nitrogens with zero attached hydrogens (tertiary/aromatic N) is 3. The molecule has 3 fully saturated rings. The van der Waals surface area contributed by atoms with Crippen molar-refractivity contribution in [2.24, 2.45) is 11.3 Å². The monoisotopic (exact) mass is 840 g/mol. The number of likely N-dealkylation sites (tertiary alicyclic amines) is 1. The van der Waals surface area contributed by atoms with E-state index >= 15 is 0 Å². The molecule has 6 rings (SSSR count). The van der Waals surface area contributed by atoms with E-state index in [2.05, 4.69) is 22.5 Å². The molecule has 3 heterocycles. The van der Waals surface area contributed by atoms with Crippen molar-refractivity contribution in [2.45, 2.75) is 129 Å². The molecule has 3 amide bonds. The van der Waals surface area contributed by atoms with Gasteiger partial charge >= 0.3 is 13.7 Å². The van der Waals surface area contributed by atoms with Gasteiger partial charge in [0.1, 0.15) is 46.8 Å². The van der Waals surface area contributed by atoms with Crippen LogP contribution in [-0.4, -0.2) is 93.0 Å². The fourth-order valence-electron chi connectivity index (χ4n) is 7.69. The minimum absolute atomic E-state index is 0.0328. The fourth-order valence-corrected chi connectivity index (χ4v) is 10.5. The number of aromatic nitrogens is 2. The number of anilines is 1. The summed E-state index contributed by atoms with van der Waals surface area (Å²) < 4.78 is 37.1. The van der Waals surface area contributed by atoms with Crippen LogP contribution in [0.15, 0.2) is 42.3 Å². The number of methoxy groups -OCH3 is 1. The number of benzene rings is 1. The van der Waals surface area contributed by atoms with Crippen molar-refractivity contribution in [2.75, 3.05) is 19.0 Å². The lowest BCUT2D eigenvalue weighted by Crippen LogP contribution is -2.58. The molecule has 1 aliphatic heterocycles. The van der Waals surface area contributed by atoms with Gasteiger partial charge in [-0.05, 0) is 77.3 Å². The van der Waals surface area contributed by atoms with E-state index in [9.17, 15) is 23.8 Å². The Balaban J connectivity index is 1.35. The molecule has 2 aromatic heterocycles. The maximum Gasteiger partial charge on any atom is 0.408 e. The first-order chi connectivity index (χ1) is 27.3. The predicted octanol–water partition coefficient (Wildman–Crippen LogP) is 7.25. The normalized spacial score (nSPS) is 23.7. The maximum atomic E-state index is 14.8. The second-order valence-electron chi connectivity index (χ2n) is 17.1. The van der Waals surface area contributed by atoms with Crippen molar-refractivity contribution >= 4 is 52.9 Å². The zero-order chi connectivity index (χ0) is 42.2. The van der Waals surface area contributed by atoms with Crippen molar-refractivity contribution in [1.82, 2.24) is 25.5 Å². The SMILES string of the molecule is C=C[C@@H]1C[C@]1(NC(=O)[C@@H]1C[C@@H](Oc2cc(-c3csc(NC(C)C)n3)nc3cc(OC)ccc23)CN1C(=O)[C@@H](NC(=O)OC1CCCC1)C(C)(C)C)P(=O)(O)OC(C)C. The van der Waals surface area contributed by atoms with Crippen LogP contribution in [-0.2, 0) is 23.4 Å². The van der Waals surface area contributed by atoms with E-state index in [1.54, 1.807) is 39.2 Å². The van der Waals surface area contributed by atoms with Gasteiger partial charge in [-0.1, -0.05) is 26.8 Å². The van der Waals surface area contributed by atoms with Crippen molar-refractivity contribution in [3.05, 3.63) is 42.3 Å². The molecule has 3 aliphatic rings. The van der Waals surface area contributed by atoms with Crippen molar-refractivity contribution in [3.8, 4) is 22.9 Å². The molecular weight excluding hydrogens is 784 g/mol. The van der Waals surface area contributed by atoms with E-state index in [1.807, 2.05) is 46.1 Å². The lowest BCUT2D eigenvalue weighted by atomic mass is 9.85. The molecule has 0 radical (unpaired) electrons. The number of hydrogen-bond acceptors (Lipinski definition) is 12. The smallest absolute Gasteiger partial charge is 0.408 e. The molecule has 3 aromatic rings. The molecule has 0 bridgehead atoms. The van der Waals surface area contributed by atoms with Gasteiger partial charge < -0.3 is 44.5 Å². The minimum atomic E-state index is -4.41. The van der Waals surface area contributed by atoms with Gasteiger partial charge in [0.2, 0.25) is 11.8 Å². The third-order valence-corrected chi connectivity index (χ3v) is 13.8. The lowest BCUT2D eigenvalue weighted by molar-refractivity contribution is -0.142. The van der Waals surface area contributed by atoms with Gasteiger partial charge in [0.25, 0.3) is 0 Å². The summed E-state index contributed by atoms with van der Waals surface area (Å²) in [5.41, 5.74) is 0.980. The molecule has 58 heavy (non-hydrogen) atoms. The minimum Gasteiger partial charge on any atom is -0.497 e. The van der Waals surface area contributed by atoms with Gasteiger partial charge in [0.05, 0.1) is 31.0 Å². The van der Waals surface area contributed by atoms with Crippen LogP contribution in [0.2, 0.25) is 0 Å². The second kappa shape index (κ2) is 17.2. The average Bonchev–Trinajstić information content (AvgIpc) is 3.54. The van der Waals surface area contributed by atoms with Gasteiger partial charge in [-0.15, -0.1) is 17.9 Å². The summed E-state index contributed by atoms with van der Waals surface area (Å²) in [6.07, 6.45) is 2.89. The van der Waals surface area contributed by atoms with E-state index in [0.29, 0.717) is 33.8 Å². The fraction of sp³-hybridized carbons (Fsp3) is 0.585. The molecule has 1 saturated heterocycles. The van der Waals surface area contributed by atoms with Gasteiger partial charge in [-0.2, -0.15) is 0 Å². The van der Waals surface area contributed by atoms with Crippen LogP contribution >= 0.6 is 18.9 Å². The van der Waals surface area contributed by atoms with E-state index < -0.39 is 66.4 Å². The molecule has 2 saturated carbocycles. The quantitative estimate of drug-likeness (QED) is 0.0888. The number of alkyl carbamates (subject to hydrolysis) is 1. The first-order valence-corrected chi connectivity index (χ1v) is 22.4. The van der Waals surface area contributed by atoms with Crippen LogP contribution in [0.25, 0.3) is 22.3 Å². The van der Waals surface area contributed by atoms with E-state index in [0.717, 1.165) is 30.8 Å². The number of fused-ring (bicyclic) bond motifs is 1. The molecule has 2 aliphatic carbocycles. The molecular formula is C41H57N6O9PS.